The Bertz CT molecular complexity index is 473. The van der Waals surface area contributed by atoms with Crippen molar-refractivity contribution in [1.29, 1.82) is 0 Å². The van der Waals surface area contributed by atoms with Crippen LogP contribution in [0.2, 0.25) is 0 Å². The van der Waals surface area contributed by atoms with Crippen molar-refractivity contribution in [2.45, 2.75) is 0 Å². The van der Waals surface area contributed by atoms with E-state index in [-0.39, 0.29) is 49.0 Å². The number of amides is 2. The average Bonchev–Trinajstić information content (AvgIpc) is 2.41. The minimum absolute atomic E-state index is 0. The summed E-state index contributed by atoms with van der Waals surface area (Å²) in [5.74, 6) is -0.758. The van der Waals surface area contributed by atoms with Gasteiger partial charge in [-0.25, -0.2) is 0 Å². The Morgan fingerprint density at radius 2 is 0.810 bits per heavy atom. The van der Waals surface area contributed by atoms with Crippen LogP contribution in [0.4, 0.5) is 0 Å². The minimum atomic E-state index is -0.379. The lowest BCUT2D eigenvalue weighted by Crippen LogP contribution is -2.09. The molecule has 0 bridgehead atoms. The quantitative estimate of drug-likeness (QED) is 0.871. The number of benzene rings is 2. The van der Waals surface area contributed by atoms with Crippen LogP contribution in [0, 0.1) is 0 Å². The van der Waals surface area contributed by atoms with Gasteiger partial charge in [0.1, 0.15) is 0 Å². The Hall–Kier alpha value is -1.75. The molecule has 0 aliphatic heterocycles. The Morgan fingerprint density at radius 3 is 0.952 bits per heavy atom. The highest BCUT2D eigenvalue weighted by Gasteiger charge is 1.94. The second-order valence-electron chi connectivity index (χ2n) is 3.46. The van der Waals surface area contributed by atoms with Crippen molar-refractivity contribution in [2.24, 2.45) is 11.5 Å². The molecule has 0 aliphatic rings. The molecule has 2 amide bonds. The lowest BCUT2D eigenvalue weighted by atomic mass is 10.2. The van der Waals surface area contributed by atoms with Gasteiger partial charge >= 0.3 is 0 Å². The Kier molecular flexibility index (Phi) is 15.3. The molecule has 116 valence electrons. The first kappa shape index (κ1) is 24.3. The first-order chi connectivity index (χ1) is 8.61. The van der Waals surface area contributed by atoms with Gasteiger partial charge in [0.25, 0.3) is 0 Å². The molecule has 0 fully saturated rings. The van der Waals surface area contributed by atoms with Crippen LogP contribution in [-0.4, -0.2) is 11.8 Å². The zero-order chi connectivity index (χ0) is 13.4. The SMILES string of the molecule is Cl.Cl.Cl.NC(=O)c1ccccc1.NC(=O)c1ccccc1. The maximum absolute atomic E-state index is 10.4. The highest BCUT2D eigenvalue weighted by atomic mass is 35.5. The van der Waals surface area contributed by atoms with Crippen LogP contribution < -0.4 is 11.5 Å². The van der Waals surface area contributed by atoms with E-state index in [9.17, 15) is 9.59 Å². The smallest absolute Gasteiger partial charge is 0.248 e. The predicted molar refractivity (Wildman–Crippen MR) is 91.7 cm³/mol. The van der Waals surface area contributed by atoms with Crippen molar-refractivity contribution in [1.82, 2.24) is 0 Å². The molecular weight excluding hydrogens is 335 g/mol. The van der Waals surface area contributed by atoms with Crippen LogP contribution in [0.3, 0.4) is 0 Å². The molecule has 0 saturated carbocycles. The van der Waals surface area contributed by atoms with Crippen molar-refractivity contribution in [3.8, 4) is 0 Å². The van der Waals surface area contributed by atoms with Gasteiger partial charge in [0.2, 0.25) is 11.8 Å². The lowest BCUT2D eigenvalue weighted by molar-refractivity contribution is 0.0992. The van der Waals surface area contributed by atoms with Crippen molar-refractivity contribution in [3.63, 3.8) is 0 Å². The number of primary amides is 2. The third-order valence-electron chi connectivity index (χ3n) is 2.12. The summed E-state index contributed by atoms with van der Waals surface area (Å²) >= 11 is 0. The summed E-state index contributed by atoms with van der Waals surface area (Å²) in [6.07, 6.45) is 0. The zero-order valence-corrected chi connectivity index (χ0v) is 13.4. The molecule has 2 aromatic carbocycles. The minimum Gasteiger partial charge on any atom is -0.366 e. The van der Waals surface area contributed by atoms with Crippen molar-refractivity contribution < 1.29 is 9.59 Å². The summed E-state index contributed by atoms with van der Waals surface area (Å²) in [6, 6.07) is 17.5. The van der Waals surface area contributed by atoms with Gasteiger partial charge in [-0.1, -0.05) is 36.4 Å². The van der Waals surface area contributed by atoms with E-state index in [4.69, 9.17) is 11.5 Å². The highest BCUT2D eigenvalue weighted by molar-refractivity contribution is 5.93. The van der Waals surface area contributed by atoms with Gasteiger partial charge in [0.15, 0.2) is 0 Å². The second kappa shape index (κ2) is 13.2. The van der Waals surface area contributed by atoms with Gasteiger partial charge in [-0.2, -0.15) is 0 Å². The molecule has 0 atom stereocenters. The van der Waals surface area contributed by atoms with E-state index in [2.05, 4.69) is 0 Å². The molecule has 7 heteroatoms. The summed E-state index contributed by atoms with van der Waals surface area (Å²) in [5, 5.41) is 0. The fraction of sp³-hybridized carbons (Fsp3) is 0. The van der Waals surface area contributed by atoms with Crippen molar-refractivity contribution in [3.05, 3.63) is 71.8 Å². The fourth-order valence-corrected chi connectivity index (χ4v) is 1.20. The lowest BCUT2D eigenvalue weighted by Gasteiger charge is -1.89. The summed E-state index contributed by atoms with van der Waals surface area (Å²) in [5.41, 5.74) is 11.1. The van der Waals surface area contributed by atoms with Gasteiger partial charge in [0.05, 0.1) is 0 Å². The first-order valence-corrected chi connectivity index (χ1v) is 5.31. The molecule has 2 aromatic rings. The van der Waals surface area contributed by atoms with Gasteiger partial charge in [-0.05, 0) is 24.3 Å². The number of carbonyl (C=O) groups excluding carboxylic acids is 2. The Morgan fingerprint density at radius 1 is 0.571 bits per heavy atom. The monoisotopic (exact) mass is 350 g/mol. The zero-order valence-electron chi connectivity index (χ0n) is 11.0. The van der Waals surface area contributed by atoms with E-state index in [0.717, 1.165) is 0 Å². The molecule has 0 radical (unpaired) electrons. The third-order valence-corrected chi connectivity index (χ3v) is 2.12. The summed E-state index contributed by atoms with van der Waals surface area (Å²) in [6.45, 7) is 0. The van der Waals surface area contributed by atoms with Crippen molar-refractivity contribution in [2.75, 3.05) is 0 Å². The number of carbonyl (C=O) groups is 2. The number of rotatable bonds is 2. The highest BCUT2D eigenvalue weighted by Crippen LogP contribution is 1.95. The molecule has 0 spiro atoms. The molecule has 0 aromatic heterocycles. The third kappa shape index (κ3) is 9.73. The molecule has 4 nitrogen and oxygen atoms in total. The molecule has 2 rings (SSSR count). The van der Waals surface area contributed by atoms with E-state index in [1.54, 1.807) is 48.5 Å². The maximum atomic E-state index is 10.4. The van der Waals surface area contributed by atoms with E-state index in [0.29, 0.717) is 11.1 Å². The molecule has 0 heterocycles. The predicted octanol–water partition coefficient (Wildman–Crippen LogP) is 2.84. The molecule has 4 N–H and O–H groups in total. The standard InChI is InChI=1S/2C7H7NO.3ClH/c2*8-7(9)6-4-2-1-3-5-6;;;/h2*1-5H,(H2,8,9);3*1H. The summed E-state index contributed by atoms with van der Waals surface area (Å²) in [4.78, 5) is 20.8. The van der Waals surface area contributed by atoms with Crippen LogP contribution in [0.1, 0.15) is 20.7 Å². The number of hydrogen-bond donors (Lipinski definition) is 2. The normalized spacial score (nSPS) is 7.62. The number of hydrogen-bond acceptors (Lipinski definition) is 2. The second-order valence-corrected chi connectivity index (χ2v) is 3.46. The fourth-order valence-electron chi connectivity index (χ4n) is 1.20. The maximum Gasteiger partial charge on any atom is 0.248 e. The van der Waals surface area contributed by atoms with Crippen LogP contribution in [0.25, 0.3) is 0 Å². The summed E-state index contributed by atoms with van der Waals surface area (Å²) in [7, 11) is 0. The van der Waals surface area contributed by atoms with E-state index >= 15 is 0 Å². The van der Waals surface area contributed by atoms with Crippen LogP contribution in [-0.2, 0) is 0 Å². The van der Waals surface area contributed by atoms with Crippen LogP contribution in [0.5, 0.6) is 0 Å². The largest absolute Gasteiger partial charge is 0.366 e. The van der Waals surface area contributed by atoms with Gasteiger partial charge in [-0.15, -0.1) is 37.2 Å². The topological polar surface area (TPSA) is 86.2 Å². The molecule has 0 aliphatic carbocycles. The van der Waals surface area contributed by atoms with Crippen LogP contribution >= 0.6 is 37.2 Å². The molecule has 0 unspecified atom stereocenters. The molecular formula is C14H17Cl3N2O2. The Labute approximate surface area is 142 Å². The Balaban J connectivity index is -0.000000270. The van der Waals surface area contributed by atoms with Gasteiger partial charge < -0.3 is 11.5 Å². The van der Waals surface area contributed by atoms with Gasteiger partial charge in [0, 0.05) is 11.1 Å². The van der Waals surface area contributed by atoms with Gasteiger partial charge in [-0.3, -0.25) is 9.59 Å². The number of nitrogens with two attached hydrogens (primary N) is 2. The number of halogens is 3. The average molecular weight is 352 g/mol. The molecule has 21 heavy (non-hydrogen) atoms. The van der Waals surface area contributed by atoms with E-state index in [1.807, 2.05) is 12.1 Å². The van der Waals surface area contributed by atoms with E-state index < -0.39 is 0 Å². The first-order valence-electron chi connectivity index (χ1n) is 5.31. The van der Waals surface area contributed by atoms with Crippen LogP contribution in [0.15, 0.2) is 60.7 Å². The van der Waals surface area contributed by atoms with Crippen molar-refractivity contribution >= 4 is 49.0 Å². The van der Waals surface area contributed by atoms with E-state index in [1.165, 1.54) is 0 Å². The summed E-state index contributed by atoms with van der Waals surface area (Å²) < 4.78 is 0. The molecule has 0 saturated heterocycles.